The average Bonchev–Trinajstić information content (AvgIpc) is 1.37. The second-order valence-corrected chi connectivity index (χ2v) is 42.8. The number of piperidine rings is 1. The number of rotatable bonds is 20. The lowest BCUT2D eigenvalue weighted by Crippen LogP contribution is -2.43. The van der Waals surface area contributed by atoms with Crippen molar-refractivity contribution in [2.75, 3.05) is 62.3 Å². The van der Waals surface area contributed by atoms with Crippen LogP contribution in [0.4, 0.5) is 31.8 Å². The molecule has 5 saturated carbocycles. The highest BCUT2D eigenvalue weighted by atomic mass is 35.5. The first-order valence-electron chi connectivity index (χ1n) is 51.1. The van der Waals surface area contributed by atoms with Crippen molar-refractivity contribution in [3.63, 3.8) is 0 Å². The lowest BCUT2D eigenvalue weighted by Gasteiger charge is -2.37. The Balaban J connectivity index is 0.000000131. The minimum absolute atomic E-state index is 0.0749. The predicted octanol–water partition coefficient (Wildman–Crippen LogP) is 22.2. The molecule has 7 fully saturated rings. The molecule has 0 atom stereocenters. The van der Waals surface area contributed by atoms with Gasteiger partial charge in [0.05, 0.1) is 33.3 Å². The number of carbonyl (C=O) groups excluding carboxylic acids is 3. The zero-order valence-electron chi connectivity index (χ0n) is 85.9. The van der Waals surface area contributed by atoms with Gasteiger partial charge in [0.2, 0.25) is 17.6 Å². The van der Waals surface area contributed by atoms with E-state index in [-0.39, 0.29) is 66.9 Å². The van der Waals surface area contributed by atoms with Gasteiger partial charge in [0, 0.05) is 192 Å². The number of nitrogens with one attached hydrogen (secondary N) is 3. The number of aliphatic hydroxyl groups excluding tert-OH is 1. The molecule has 145 heavy (non-hydrogen) atoms. The Kier molecular flexibility index (Phi) is 34.3. The van der Waals surface area contributed by atoms with E-state index in [4.69, 9.17) is 79.1 Å². The molecule has 21 rings (SSSR count). The Bertz CT molecular complexity index is 6430. The summed E-state index contributed by atoms with van der Waals surface area (Å²) < 4.78 is 53.0. The number of likely N-dealkylation sites (tertiary alicyclic amines) is 1. The molecule has 5 aliphatic carbocycles. The van der Waals surface area contributed by atoms with Crippen LogP contribution in [0.3, 0.4) is 0 Å². The van der Waals surface area contributed by atoms with Gasteiger partial charge >= 0.3 is 25.4 Å². The van der Waals surface area contributed by atoms with Crippen molar-refractivity contribution in [2.24, 2.45) is 5.92 Å². The summed E-state index contributed by atoms with van der Waals surface area (Å²) in [7, 11) is 0.686. The minimum Gasteiger partial charge on any atom is -0.473 e. The first-order valence-corrected chi connectivity index (χ1v) is 51.5. The SMILES string of the molecule is CC(C)(C)OC(=O)N1CC=C(B2OC(C)(C)C(C)(C)O2)CC1.CC(C)(C)OC(=O)N1CC=C(c2nccnc2OC2CC(Nc3ccc4ccccc4n3)C2)CC1.CC(C)(C)OC(=O)N1CCC(c2nccnc2OC2CC(Nc3ccc4ccccc4n3)C2)CC1.CO.Clc1nccnc1OC1CC(Cc2ccc3ccccc3n2)C1.c1ccc2nc(NC3CC(Oc4nccnc4C4CCCCC4)C3)ccc2c1. The van der Waals surface area contributed by atoms with Gasteiger partial charge in [0.1, 0.15) is 75.8 Å². The summed E-state index contributed by atoms with van der Waals surface area (Å²) in [6.07, 6.45) is 35.0. The molecule has 0 radical (unpaired) electrons. The molecule has 0 unspecified atom stereocenters. The first-order chi connectivity index (χ1) is 69.7. The Hall–Kier alpha value is -13.0. The summed E-state index contributed by atoms with van der Waals surface area (Å²) in [6, 6.07) is 50.3. The molecule has 12 heterocycles. The Morgan fingerprint density at radius 1 is 0.407 bits per heavy atom. The number of para-hydroxylation sites is 4. The average molecular weight is 1990 g/mol. The molecule has 12 aromatic rings. The van der Waals surface area contributed by atoms with Gasteiger partial charge in [0.25, 0.3) is 5.88 Å². The summed E-state index contributed by atoms with van der Waals surface area (Å²) in [4.78, 5) is 96.2. The lowest BCUT2D eigenvalue weighted by atomic mass is 9.75. The zero-order chi connectivity index (χ0) is 102. The maximum absolute atomic E-state index is 12.4. The summed E-state index contributed by atoms with van der Waals surface area (Å²) in [5, 5.41) is 22.5. The van der Waals surface area contributed by atoms with E-state index < -0.39 is 16.8 Å². The summed E-state index contributed by atoms with van der Waals surface area (Å²) in [6.45, 7) is 28.6. The second kappa shape index (κ2) is 47.4. The quantitative estimate of drug-likeness (QED) is 0.0407. The van der Waals surface area contributed by atoms with Crippen LogP contribution >= 0.6 is 11.6 Å². The van der Waals surface area contributed by atoms with Crippen LogP contribution in [0.25, 0.3) is 49.2 Å². The number of benzene rings is 4. The first kappa shape index (κ1) is 105. The summed E-state index contributed by atoms with van der Waals surface area (Å²) in [5.74, 6) is 6.39. The van der Waals surface area contributed by atoms with Crippen LogP contribution in [-0.4, -0.2) is 222 Å². The fourth-order valence-electron chi connectivity index (χ4n) is 18.7. The highest BCUT2D eigenvalue weighted by Gasteiger charge is 2.53. The highest BCUT2D eigenvalue weighted by Crippen LogP contribution is 2.44. The molecule has 9 aliphatic rings. The third-order valence-electron chi connectivity index (χ3n) is 27.4. The highest BCUT2D eigenvalue weighted by molar-refractivity contribution is 6.54. The van der Waals surface area contributed by atoms with Gasteiger partial charge in [-0.1, -0.05) is 122 Å². The van der Waals surface area contributed by atoms with Crippen LogP contribution in [-0.2, 0) is 29.9 Å². The van der Waals surface area contributed by atoms with Gasteiger partial charge in [-0.25, -0.2) is 59.2 Å². The Morgan fingerprint density at radius 2 is 0.772 bits per heavy atom. The lowest BCUT2D eigenvalue weighted by molar-refractivity contribution is 0.00578. The molecule has 31 nitrogen and oxygen atoms in total. The van der Waals surface area contributed by atoms with Crippen LogP contribution in [0.1, 0.15) is 234 Å². The van der Waals surface area contributed by atoms with Crippen molar-refractivity contribution in [1.82, 2.24) is 74.5 Å². The zero-order valence-corrected chi connectivity index (χ0v) is 86.6. The second-order valence-electron chi connectivity index (χ2n) is 42.5. The topological polar surface area (TPSA) is 355 Å². The number of aromatic nitrogens is 12. The van der Waals surface area contributed by atoms with E-state index >= 15 is 0 Å². The van der Waals surface area contributed by atoms with E-state index in [1.54, 1.807) is 64.3 Å². The number of aliphatic hydroxyl groups is 1. The van der Waals surface area contributed by atoms with Crippen LogP contribution < -0.4 is 34.9 Å². The number of fused-ring (bicyclic) bond motifs is 4. The number of carbonyl (C=O) groups is 3. The number of hydrogen-bond acceptors (Lipinski definition) is 28. The monoisotopic (exact) mass is 1990 g/mol. The normalized spacial score (nSPS) is 21.2. The number of ether oxygens (including phenoxy) is 7. The third kappa shape index (κ3) is 28.8. The molecule has 4 N–H and O–H groups in total. The number of anilines is 3. The number of nitrogens with zero attached hydrogens (tertiary/aromatic N) is 15. The maximum Gasteiger partial charge on any atom is 0.490 e. The van der Waals surface area contributed by atoms with Crippen molar-refractivity contribution >= 4 is 104 Å². The maximum atomic E-state index is 12.4. The number of hydrogen-bond donors (Lipinski definition) is 4. The summed E-state index contributed by atoms with van der Waals surface area (Å²) in [5.41, 5.74) is 7.94. The Morgan fingerprint density at radius 3 is 1.20 bits per heavy atom. The van der Waals surface area contributed by atoms with Gasteiger partial charge < -0.3 is 78.2 Å². The van der Waals surface area contributed by atoms with Gasteiger partial charge in [-0.3, -0.25) is 15.0 Å². The van der Waals surface area contributed by atoms with Crippen LogP contribution in [0, 0.1) is 5.92 Å². The van der Waals surface area contributed by atoms with E-state index in [9.17, 15) is 14.4 Å². The van der Waals surface area contributed by atoms with Gasteiger partial charge in [-0.05, 0) is 231 Å². The molecule has 0 bridgehead atoms. The molecular formula is C112H138BClN18O13. The van der Waals surface area contributed by atoms with E-state index in [1.165, 1.54) is 42.9 Å². The third-order valence-corrected chi connectivity index (χ3v) is 27.7. The van der Waals surface area contributed by atoms with Gasteiger partial charge in [0.15, 0.2) is 5.15 Å². The smallest absolute Gasteiger partial charge is 0.473 e. The number of halogens is 1. The number of amides is 3. The molecule has 8 aromatic heterocycles. The van der Waals surface area contributed by atoms with Crippen molar-refractivity contribution in [3.05, 3.63) is 241 Å². The van der Waals surface area contributed by atoms with Crippen LogP contribution in [0.15, 0.2) is 213 Å². The number of pyridine rings is 4. The van der Waals surface area contributed by atoms with Crippen LogP contribution in [0.5, 0.6) is 23.5 Å². The molecule has 33 heteroatoms. The molecule has 2 saturated heterocycles. The Labute approximate surface area is 855 Å². The van der Waals surface area contributed by atoms with Crippen molar-refractivity contribution in [2.45, 2.75) is 288 Å². The summed E-state index contributed by atoms with van der Waals surface area (Å²) >= 11 is 5.96. The fourth-order valence-corrected chi connectivity index (χ4v) is 18.9. The molecule has 4 aromatic carbocycles. The fraction of sp³-hybridized carbons (Fsp3) is 0.473. The van der Waals surface area contributed by atoms with E-state index in [0.717, 1.165) is 174 Å². The molecule has 0 spiro atoms. The molecular weight excluding hydrogens is 1850 g/mol. The largest absolute Gasteiger partial charge is 0.490 e. The minimum atomic E-state index is -0.507. The molecule has 4 aliphatic heterocycles. The van der Waals surface area contributed by atoms with Crippen molar-refractivity contribution in [1.29, 1.82) is 0 Å². The van der Waals surface area contributed by atoms with Gasteiger partial charge in [-0.15, -0.1) is 0 Å². The van der Waals surface area contributed by atoms with E-state index in [0.29, 0.717) is 98.4 Å². The van der Waals surface area contributed by atoms with E-state index in [1.807, 2.05) is 181 Å². The van der Waals surface area contributed by atoms with Crippen molar-refractivity contribution in [3.8, 4) is 23.5 Å². The molecule has 764 valence electrons. The van der Waals surface area contributed by atoms with Crippen LogP contribution in [0.2, 0.25) is 5.15 Å². The molecule has 3 amide bonds. The predicted molar refractivity (Wildman–Crippen MR) is 565 cm³/mol. The van der Waals surface area contributed by atoms with Gasteiger partial charge in [-0.2, -0.15) is 0 Å². The standard InChI is InChI=1S/C27H33N5O3.C27H31N5O3.C23H26N4O.C18H16ClN3O.C16H28BNO4.CH4O/c2*1-27(2,3)35-26(33)32-14-10-19(11-15-32)24-25(29-13-12-28-24)34-21-16-20(17-21)30-23-9-8-18-6-4-5-7-22(18)31-23;1-2-7-17(8-3-1)22-23(25-13-12-24-22)28-19-14-18(15-19)26-21-11-10-16-6-4-5-9-20(16)27-21;19-17-18(21-8-7-20-17)23-15-10-12(11-15)9-14-6-5-13-3-1-2-4-16(13)22-14;1-14(2,3)20-13(19)18-10-8-12(9-11-18)17-21-15(4,5)16(6,7)22-17;1-2/h4-9,12-13,19-21H,10-11,14-17H2,1-3H3,(H,30,31);4-10,12-13,20-21H,11,14-17H2,1-3H3,(H,30,31);4-6,9-13,17-19H,1-3,7-8,14-15H2,(H,26,27);1-8,12,15H,9-11H2;8H,9-11H2,1-7H3;2H,1H3. The van der Waals surface area contributed by atoms with E-state index in [2.05, 4.69) is 123 Å². The van der Waals surface area contributed by atoms with Crippen molar-refractivity contribution < 1.29 is 62.0 Å².